The van der Waals surface area contributed by atoms with Gasteiger partial charge in [-0.15, -0.1) is 0 Å². The molecule has 0 aliphatic rings. The Morgan fingerprint density at radius 2 is 1.95 bits per heavy atom. The number of alkyl halides is 3. The molecule has 10 nitrogen and oxygen atoms in total. The normalized spacial score (nSPS) is 11.5. The molecule has 5 N–H and O–H groups in total. The third kappa shape index (κ3) is 6.55. The van der Waals surface area contributed by atoms with Crippen molar-refractivity contribution in [2.45, 2.75) is 25.9 Å². The first-order valence-electron chi connectivity index (χ1n) is 12.2. The molecule has 0 radical (unpaired) electrons. The van der Waals surface area contributed by atoms with E-state index in [2.05, 4.69) is 31.0 Å². The molecule has 0 bridgehead atoms. The number of fused-ring (bicyclic) bond motifs is 1. The van der Waals surface area contributed by atoms with Gasteiger partial charge in [0.05, 0.1) is 23.4 Å². The predicted octanol–water partition coefficient (Wildman–Crippen LogP) is 4.83. The van der Waals surface area contributed by atoms with Crippen LogP contribution in [-0.2, 0) is 19.6 Å². The molecular weight excluding hydrogens is 513 g/mol. The molecule has 0 saturated carbocycles. The Balaban J connectivity index is 1.51. The lowest BCUT2D eigenvalue weighted by Crippen LogP contribution is -2.20. The summed E-state index contributed by atoms with van der Waals surface area (Å²) in [4.78, 5) is 21.0. The summed E-state index contributed by atoms with van der Waals surface area (Å²) >= 11 is 0. The first-order chi connectivity index (χ1) is 18.6. The maximum Gasteiger partial charge on any atom is 0.420 e. The second kappa shape index (κ2) is 11.6. The minimum Gasteiger partial charge on any atom is -0.493 e. The third-order valence-corrected chi connectivity index (χ3v) is 5.95. The number of anilines is 3. The number of carbonyl (C=O) groups is 1. The number of hydrogen-bond donors (Lipinski definition) is 4. The van der Waals surface area contributed by atoms with Crippen molar-refractivity contribution < 1.29 is 22.7 Å². The molecule has 2 amide bonds. The molecule has 0 unspecified atom stereocenters. The molecule has 4 aromatic rings. The molecule has 0 saturated heterocycles. The van der Waals surface area contributed by atoms with Crippen molar-refractivity contribution in [1.29, 1.82) is 0 Å². The minimum atomic E-state index is -4.66. The van der Waals surface area contributed by atoms with Gasteiger partial charge < -0.3 is 21.1 Å². The highest BCUT2D eigenvalue weighted by atomic mass is 19.4. The van der Waals surface area contributed by atoms with Gasteiger partial charge in [-0.3, -0.25) is 10.00 Å². The summed E-state index contributed by atoms with van der Waals surface area (Å²) < 4.78 is 47.8. The predicted molar refractivity (Wildman–Crippen MR) is 144 cm³/mol. The lowest BCUT2D eigenvalue weighted by molar-refractivity contribution is -0.138. The first-order valence-corrected chi connectivity index (χ1v) is 12.2. The SMILES string of the molecule is CCc1cc(-c2cc(NC(=O)Nc3ccc(OCCCNC)c(C(F)(F)F)c3)nn2C)cc2cnc(N)nc12. The zero-order chi connectivity index (χ0) is 28.2. The maximum atomic E-state index is 13.6. The zero-order valence-electron chi connectivity index (χ0n) is 21.7. The molecule has 2 aromatic carbocycles. The van der Waals surface area contributed by atoms with Gasteiger partial charge in [0.1, 0.15) is 5.75 Å². The number of halogens is 3. The van der Waals surface area contributed by atoms with E-state index in [4.69, 9.17) is 10.5 Å². The lowest BCUT2D eigenvalue weighted by Gasteiger charge is -2.16. The van der Waals surface area contributed by atoms with Gasteiger partial charge in [-0.2, -0.15) is 18.3 Å². The summed E-state index contributed by atoms with van der Waals surface area (Å²) in [5.74, 6) is 0.114. The standard InChI is InChI=1S/C26H29F3N8O2/c1-4-15-10-16(11-17-14-32-24(30)35-23(15)17)20-13-22(36-37(20)3)34-25(38)33-18-6-7-21(39-9-5-8-31-2)19(12-18)26(27,28)29/h6-7,10-14,31H,4-5,8-9H2,1-3H3,(H2,30,32,35)(H2,33,34,36,38). The van der Waals surface area contributed by atoms with Crippen LogP contribution in [0.5, 0.6) is 5.75 Å². The Hall–Kier alpha value is -4.39. The number of nitrogens with two attached hydrogens (primary N) is 1. The van der Waals surface area contributed by atoms with E-state index in [1.54, 1.807) is 31.0 Å². The number of amides is 2. The van der Waals surface area contributed by atoms with Crippen LogP contribution in [0.25, 0.3) is 22.2 Å². The quantitative estimate of drug-likeness (QED) is 0.223. The maximum absolute atomic E-state index is 13.6. The van der Waals surface area contributed by atoms with Crippen LogP contribution >= 0.6 is 0 Å². The average Bonchev–Trinajstić information content (AvgIpc) is 3.25. The highest BCUT2D eigenvalue weighted by molar-refractivity contribution is 5.99. The number of aromatic nitrogens is 4. The van der Waals surface area contributed by atoms with Crippen LogP contribution in [0.2, 0.25) is 0 Å². The molecular formula is C26H29F3N8O2. The van der Waals surface area contributed by atoms with E-state index in [-0.39, 0.29) is 29.8 Å². The van der Waals surface area contributed by atoms with Crippen molar-refractivity contribution in [3.8, 4) is 17.0 Å². The molecule has 206 valence electrons. The van der Waals surface area contributed by atoms with E-state index in [0.29, 0.717) is 25.1 Å². The van der Waals surface area contributed by atoms with Gasteiger partial charge in [0.2, 0.25) is 5.95 Å². The average molecular weight is 543 g/mol. The number of hydrogen-bond acceptors (Lipinski definition) is 7. The zero-order valence-corrected chi connectivity index (χ0v) is 21.7. The van der Waals surface area contributed by atoms with Crippen LogP contribution in [0, 0.1) is 0 Å². The fourth-order valence-corrected chi connectivity index (χ4v) is 4.11. The smallest absolute Gasteiger partial charge is 0.420 e. The van der Waals surface area contributed by atoms with E-state index in [9.17, 15) is 18.0 Å². The number of ether oxygens (including phenoxy) is 1. The van der Waals surface area contributed by atoms with E-state index >= 15 is 0 Å². The van der Waals surface area contributed by atoms with E-state index in [0.717, 1.165) is 28.1 Å². The number of aryl methyl sites for hydroxylation is 2. The van der Waals surface area contributed by atoms with Crippen molar-refractivity contribution >= 4 is 34.4 Å². The highest BCUT2D eigenvalue weighted by Crippen LogP contribution is 2.38. The fraction of sp³-hybridized carbons (Fsp3) is 0.308. The van der Waals surface area contributed by atoms with Crippen LogP contribution in [-0.4, -0.2) is 46.0 Å². The second-order valence-electron chi connectivity index (χ2n) is 8.79. The van der Waals surface area contributed by atoms with E-state index in [1.807, 2.05) is 19.1 Å². The number of carbonyl (C=O) groups excluding carboxylic acids is 1. The van der Waals surface area contributed by atoms with Crippen LogP contribution in [0.4, 0.5) is 35.4 Å². The van der Waals surface area contributed by atoms with Crippen molar-refractivity contribution in [2.75, 3.05) is 36.6 Å². The Labute approximate surface area is 222 Å². The Bertz CT molecular complexity index is 1490. The molecule has 0 fully saturated rings. The molecule has 0 aliphatic heterocycles. The van der Waals surface area contributed by atoms with Crippen LogP contribution in [0.15, 0.2) is 42.6 Å². The monoisotopic (exact) mass is 542 g/mol. The number of urea groups is 1. The van der Waals surface area contributed by atoms with Crippen LogP contribution in [0.3, 0.4) is 0 Å². The summed E-state index contributed by atoms with van der Waals surface area (Å²) in [5.41, 5.74) is 8.00. The molecule has 0 aliphatic carbocycles. The van der Waals surface area contributed by atoms with Gasteiger partial charge in [0.25, 0.3) is 0 Å². The van der Waals surface area contributed by atoms with Crippen molar-refractivity contribution in [3.63, 3.8) is 0 Å². The second-order valence-corrected chi connectivity index (χ2v) is 8.79. The summed E-state index contributed by atoms with van der Waals surface area (Å²) in [5, 5.41) is 13.0. The summed E-state index contributed by atoms with van der Waals surface area (Å²) in [6.07, 6.45) is -1.75. The number of nitrogens with one attached hydrogen (secondary N) is 3. The van der Waals surface area contributed by atoms with Crippen LogP contribution in [0.1, 0.15) is 24.5 Å². The number of nitrogen functional groups attached to an aromatic ring is 1. The Kier molecular flexibility index (Phi) is 8.19. The highest BCUT2D eigenvalue weighted by Gasteiger charge is 2.35. The van der Waals surface area contributed by atoms with Gasteiger partial charge in [0.15, 0.2) is 5.82 Å². The van der Waals surface area contributed by atoms with Gasteiger partial charge in [-0.25, -0.2) is 14.8 Å². The molecule has 13 heteroatoms. The van der Waals surface area contributed by atoms with Gasteiger partial charge in [-0.1, -0.05) is 6.92 Å². The van der Waals surface area contributed by atoms with Gasteiger partial charge in [-0.05, 0) is 62.3 Å². The Morgan fingerprint density at radius 3 is 2.67 bits per heavy atom. The number of nitrogens with zero attached hydrogens (tertiary/aromatic N) is 4. The van der Waals surface area contributed by atoms with Crippen LogP contribution < -0.4 is 26.4 Å². The van der Waals surface area contributed by atoms with Crippen molar-refractivity contribution in [1.82, 2.24) is 25.1 Å². The Morgan fingerprint density at radius 1 is 1.15 bits per heavy atom. The van der Waals surface area contributed by atoms with Crippen molar-refractivity contribution in [2.24, 2.45) is 7.05 Å². The third-order valence-electron chi connectivity index (χ3n) is 5.95. The summed E-state index contributed by atoms with van der Waals surface area (Å²) in [6.45, 7) is 2.74. The molecule has 0 spiro atoms. The fourth-order valence-electron chi connectivity index (χ4n) is 4.11. The molecule has 4 rings (SSSR count). The van der Waals surface area contributed by atoms with Gasteiger partial charge in [0, 0.05) is 35.9 Å². The molecule has 2 aromatic heterocycles. The topological polar surface area (TPSA) is 132 Å². The largest absolute Gasteiger partial charge is 0.493 e. The number of benzene rings is 2. The first kappa shape index (κ1) is 27.6. The molecule has 0 atom stereocenters. The number of rotatable bonds is 9. The molecule has 2 heterocycles. The lowest BCUT2D eigenvalue weighted by atomic mass is 10.0. The van der Waals surface area contributed by atoms with Gasteiger partial charge >= 0.3 is 12.2 Å². The van der Waals surface area contributed by atoms with E-state index in [1.165, 1.54) is 12.1 Å². The summed E-state index contributed by atoms with van der Waals surface area (Å²) in [7, 11) is 3.47. The minimum absolute atomic E-state index is 0.0417. The molecule has 39 heavy (non-hydrogen) atoms. The summed E-state index contributed by atoms with van der Waals surface area (Å²) in [6, 6.07) is 8.18. The van der Waals surface area contributed by atoms with Crippen molar-refractivity contribution in [3.05, 3.63) is 53.7 Å². The van der Waals surface area contributed by atoms with E-state index < -0.39 is 17.8 Å².